The molecule has 1 amide bonds. The number of H-pyrrole nitrogens is 1. The Kier molecular flexibility index (Phi) is 2.98. The Balaban J connectivity index is 1.98. The molecule has 0 aliphatic heterocycles. The number of nitrogens with zero attached hydrogens (tertiary/aromatic N) is 2. The number of hydrogen-bond donors (Lipinski definition) is 2. The molecule has 6 nitrogen and oxygen atoms in total. The molecular weight excluding hydrogens is 256 g/mol. The number of carbonyl (C=O) groups is 1. The minimum absolute atomic E-state index is 0.0194. The van der Waals surface area contributed by atoms with Gasteiger partial charge in [0, 0.05) is 28.7 Å². The number of amides is 1. The molecule has 0 atom stereocenters. The zero-order valence-corrected chi connectivity index (χ0v) is 11.2. The average Bonchev–Trinajstić information content (AvgIpc) is 3.06. The molecular formula is C14H14N4O2. The monoisotopic (exact) mass is 270 g/mol. The fraction of sp³-hybridized carbons (Fsp3) is 0.214. The first-order chi connectivity index (χ1) is 9.65. The fourth-order valence-electron chi connectivity index (χ4n) is 2.03. The van der Waals surface area contributed by atoms with Crippen molar-refractivity contribution < 1.29 is 9.32 Å². The van der Waals surface area contributed by atoms with Crippen LogP contribution < -0.4 is 5.32 Å². The van der Waals surface area contributed by atoms with Crippen LogP contribution in [0, 0.1) is 0 Å². The molecule has 2 N–H and O–H groups in total. The van der Waals surface area contributed by atoms with Crippen LogP contribution in [0.25, 0.3) is 22.3 Å². The van der Waals surface area contributed by atoms with Crippen molar-refractivity contribution in [2.75, 3.05) is 0 Å². The Labute approximate surface area is 115 Å². The molecule has 0 spiro atoms. The number of aromatic amines is 1. The van der Waals surface area contributed by atoms with Gasteiger partial charge in [0.05, 0.1) is 0 Å². The number of carbonyl (C=O) groups excluding carboxylic acids is 1. The van der Waals surface area contributed by atoms with Crippen molar-refractivity contribution in [1.29, 1.82) is 0 Å². The van der Waals surface area contributed by atoms with Gasteiger partial charge in [-0.25, -0.2) is 0 Å². The topological polar surface area (TPSA) is 83.8 Å². The Morgan fingerprint density at radius 1 is 1.35 bits per heavy atom. The van der Waals surface area contributed by atoms with Crippen molar-refractivity contribution in [1.82, 2.24) is 20.4 Å². The van der Waals surface area contributed by atoms with Gasteiger partial charge in [0.1, 0.15) is 0 Å². The van der Waals surface area contributed by atoms with Gasteiger partial charge in [-0.15, -0.1) is 0 Å². The highest BCUT2D eigenvalue weighted by atomic mass is 16.5. The van der Waals surface area contributed by atoms with Gasteiger partial charge in [-0.1, -0.05) is 17.3 Å². The summed E-state index contributed by atoms with van der Waals surface area (Å²) >= 11 is 0. The van der Waals surface area contributed by atoms with Gasteiger partial charge in [0.15, 0.2) is 0 Å². The minimum Gasteiger partial charge on any atom is -0.361 e. The first kappa shape index (κ1) is 12.4. The van der Waals surface area contributed by atoms with E-state index < -0.39 is 0 Å². The van der Waals surface area contributed by atoms with Crippen LogP contribution in [0.2, 0.25) is 0 Å². The van der Waals surface area contributed by atoms with Crippen LogP contribution in [0.4, 0.5) is 0 Å². The lowest BCUT2D eigenvalue weighted by Crippen LogP contribution is -2.30. The number of hydrogen-bond acceptors (Lipinski definition) is 4. The fourth-order valence-corrected chi connectivity index (χ4v) is 2.03. The van der Waals surface area contributed by atoms with E-state index in [0.29, 0.717) is 5.82 Å². The van der Waals surface area contributed by atoms with E-state index in [4.69, 9.17) is 4.52 Å². The SMILES string of the molecule is CC(C)NC(=O)c1nc(-c2cccc3[nH]ccc23)no1. The zero-order chi connectivity index (χ0) is 14.1. The third kappa shape index (κ3) is 2.16. The summed E-state index contributed by atoms with van der Waals surface area (Å²) in [5.74, 6) is 0.0188. The quantitative estimate of drug-likeness (QED) is 0.765. The molecule has 0 aliphatic rings. The molecule has 3 rings (SSSR count). The lowest BCUT2D eigenvalue weighted by molar-refractivity contribution is 0.0899. The van der Waals surface area contributed by atoms with Crippen molar-refractivity contribution >= 4 is 16.8 Å². The summed E-state index contributed by atoms with van der Waals surface area (Å²) in [4.78, 5) is 19.1. The summed E-state index contributed by atoms with van der Waals surface area (Å²) in [5, 5.41) is 7.59. The first-order valence-electron chi connectivity index (χ1n) is 6.36. The van der Waals surface area contributed by atoms with E-state index in [1.807, 2.05) is 44.3 Å². The van der Waals surface area contributed by atoms with Crippen molar-refractivity contribution in [3.05, 3.63) is 36.4 Å². The van der Waals surface area contributed by atoms with Crippen LogP contribution in [-0.2, 0) is 0 Å². The molecule has 0 radical (unpaired) electrons. The van der Waals surface area contributed by atoms with E-state index in [9.17, 15) is 4.79 Å². The molecule has 2 aromatic heterocycles. The van der Waals surface area contributed by atoms with E-state index in [-0.39, 0.29) is 17.8 Å². The first-order valence-corrected chi connectivity index (χ1v) is 6.36. The Hall–Kier alpha value is -2.63. The molecule has 0 bridgehead atoms. The highest BCUT2D eigenvalue weighted by molar-refractivity contribution is 5.94. The maximum atomic E-state index is 11.8. The van der Waals surface area contributed by atoms with E-state index in [2.05, 4.69) is 20.4 Å². The molecule has 2 heterocycles. The molecule has 0 fully saturated rings. The normalized spacial score (nSPS) is 11.2. The molecule has 0 unspecified atom stereocenters. The smallest absolute Gasteiger partial charge is 0.316 e. The standard InChI is InChI=1S/C14H14N4O2/c1-8(2)16-13(19)14-17-12(18-20-14)10-4-3-5-11-9(10)6-7-15-11/h3-8,15H,1-2H3,(H,16,19). The maximum Gasteiger partial charge on any atom is 0.316 e. The minimum atomic E-state index is -0.361. The third-order valence-electron chi connectivity index (χ3n) is 2.88. The molecule has 102 valence electrons. The van der Waals surface area contributed by atoms with E-state index in [1.165, 1.54) is 0 Å². The predicted octanol–water partition coefficient (Wildman–Crippen LogP) is 2.36. The Morgan fingerprint density at radius 3 is 3.00 bits per heavy atom. The van der Waals surface area contributed by atoms with Crippen LogP contribution in [0.15, 0.2) is 35.0 Å². The molecule has 20 heavy (non-hydrogen) atoms. The highest BCUT2D eigenvalue weighted by Gasteiger charge is 2.17. The van der Waals surface area contributed by atoms with Crippen LogP contribution in [0.3, 0.4) is 0 Å². The predicted molar refractivity (Wildman–Crippen MR) is 74.2 cm³/mol. The second kappa shape index (κ2) is 4.80. The number of aromatic nitrogens is 3. The number of rotatable bonds is 3. The van der Waals surface area contributed by atoms with Gasteiger partial charge in [-0.2, -0.15) is 4.98 Å². The maximum absolute atomic E-state index is 11.8. The largest absolute Gasteiger partial charge is 0.361 e. The van der Waals surface area contributed by atoms with Crippen molar-refractivity contribution in [3.63, 3.8) is 0 Å². The average molecular weight is 270 g/mol. The van der Waals surface area contributed by atoms with Crippen molar-refractivity contribution in [2.45, 2.75) is 19.9 Å². The van der Waals surface area contributed by atoms with Crippen LogP contribution in [0.5, 0.6) is 0 Å². The van der Waals surface area contributed by atoms with Crippen LogP contribution in [-0.4, -0.2) is 27.1 Å². The molecule has 6 heteroatoms. The van der Waals surface area contributed by atoms with Gasteiger partial charge >= 0.3 is 11.8 Å². The van der Waals surface area contributed by atoms with Gasteiger partial charge in [-0.3, -0.25) is 4.79 Å². The second-order valence-electron chi connectivity index (χ2n) is 4.80. The number of benzene rings is 1. The van der Waals surface area contributed by atoms with E-state index in [0.717, 1.165) is 16.5 Å². The summed E-state index contributed by atoms with van der Waals surface area (Å²) in [6.45, 7) is 3.74. The Morgan fingerprint density at radius 2 is 2.20 bits per heavy atom. The number of nitrogens with one attached hydrogen (secondary N) is 2. The third-order valence-corrected chi connectivity index (χ3v) is 2.88. The zero-order valence-electron chi connectivity index (χ0n) is 11.2. The summed E-state index contributed by atoms with van der Waals surface area (Å²) in [5.41, 5.74) is 1.82. The van der Waals surface area contributed by atoms with Gasteiger partial charge in [0.2, 0.25) is 5.82 Å². The molecule has 3 aromatic rings. The molecule has 0 aliphatic carbocycles. The molecule has 1 aromatic carbocycles. The lowest BCUT2D eigenvalue weighted by atomic mass is 10.1. The van der Waals surface area contributed by atoms with Crippen LogP contribution >= 0.6 is 0 Å². The highest BCUT2D eigenvalue weighted by Crippen LogP contribution is 2.25. The summed E-state index contributed by atoms with van der Waals surface area (Å²) in [6.07, 6.45) is 1.85. The van der Waals surface area contributed by atoms with E-state index >= 15 is 0 Å². The molecule has 0 saturated carbocycles. The molecule has 0 saturated heterocycles. The van der Waals surface area contributed by atoms with Gasteiger partial charge in [-0.05, 0) is 26.0 Å². The Bertz CT molecular complexity index is 757. The van der Waals surface area contributed by atoms with Crippen molar-refractivity contribution in [3.8, 4) is 11.4 Å². The number of fused-ring (bicyclic) bond motifs is 1. The van der Waals surface area contributed by atoms with Crippen molar-refractivity contribution in [2.24, 2.45) is 0 Å². The van der Waals surface area contributed by atoms with E-state index in [1.54, 1.807) is 0 Å². The summed E-state index contributed by atoms with van der Waals surface area (Å²) < 4.78 is 5.02. The van der Waals surface area contributed by atoms with Gasteiger partial charge in [0.25, 0.3) is 0 Å². The summed E-state index contributed by atoms with van der Waals surface area (Å²) in [7, 11) is 0. The second-order valence-corrected chi connectivity index (χ2v) is 4.80. The van der Waals surface area contributed by atoms with Crippen LogP contribution in [0.1, 0.15) is 24.5 Å². The van der Waals surface area contributed by atoms with Gasteiger partial charge < -0.3 is 14.8 Å². The lowest BCUT2D eigenvalue weighted by Gasteiger charge is -2.03. The summed E-state index contributed by atoms with van der Waals surface area (Å²) in [6, 6.07) is 7.72.